The van der Waals surface area contributed by atoms with Gasteiger partial charge in [0, 0.05) is 17.5 Å². The van der Waals surface area contributed by atoms with Gasteiger partial charge in [0.1, 0.15) is 11.4 Å². The molecule has 0 aliphatic heterocycles. The molecule has 0 aliphatic carbocycles. The fourth-order valence-electron chi connectivity index (χ4n) is 3.03. The van der Waals surface area contributed by atoms with E-state index < -0.39 is 0 Å². The summed E-state index contributed by atoms with van der Waals surface area (Å²) in [5.74, 6) is 0.655. The average molecular weight is 408 g/mol. The Hall–Kier alpha value is -2.89. The lowest BCUT2D eigenvalue weighted by atomic mass is 10.1. The van der Waals surface area contributed by atoms with Crippen molar-refractivity contribution in [2.75, 3.05) is 7.05 Å². The molecule has 0 fully saturated rings. The van der Waals surface area contributed by atoms with Crippen LogP contribution in [0.15, 0.2) is 69.5 Å². The fourth-order valence-corrected chi connectivity index (χ4v) is 4.09. The van der Waals surface area contributed by atoms with Gasteiger partial charge in [-0.15, -0.1) is 11.3 Å². The SMILES string of the molecule is CN=c1scc(-c2ccccc2)n1-c1c(C)noc1/C=C/c1ccccc1Cl. The highest BCUT2D eigenvalue weighted by Crippen LogP contribution is 2.28. The second kappa shape index (κ2) is 8.00. The van der Waals surface area contributed by atoms with Crippen LogP contribution in [0.1, 0.15) is 17.0 Å². The Kier molecular flexibility index (Phi) is 5.28. The van der Waals surface area contributed by atoms with Crippen LogP contribution in [0.3, 0.4) is 0 Å². The molecule has 0 amide bonds. The zero-order valence-corrected chi connectivity index (χ0v) is 17.0. The highest BCUT2D eigenvalue weighted by molar-refractivity contribution is 7.07. The number of hydrogen-bond acceptors (Lipinski definition) is 4. The van der Waals surface area contributed by atoms with Gasteiger partial charge in [0.15, 0.2) is 10.6 Å². The first-order valence-electron chi connectivity index (χ1n) is 8.77. The zero-order valence-electron chi connectivity index (χ0n) is 15.5. The minimum atomic E-state index is 0.655. The third kappa shape index (κ3) is 3.46. The lowest BCUT2D eigenvalue weighted by molar-refractivity contribution is 0.408. The molecule has 4 nitrogen and oxygen atoms in total. The van der Waals surface area contributed by atoms with Crippen LogP contribution >= 0.6 is 22.9 Å². The highest BCUT2D eigenvalue weighted by atomic mass is 35.5. The van der Waals surface area contributed by atoms with E-state index in [1.165, 1.54) is 0 Å². The first kappa shape index (κ1) is 18.5. The Morgan fingerprint density at radius 1 is 1.07 bits per heavy atom. The predicted molar refractivity (Wildman–Crippen MR) is 116 cm³/mol. The van der Waals surface area contributed by atoms with Crippen molar-refractivity contribution in [2.24, 2.45) is 4.99 Å². The number of hydrogen-bond donors (Lipinski definition) is 0. The van der Waals surface area contributed by atoms with E-state index in [1.807, 2.05) is 61.5 Å². The van der Waals surface area contributed by atoms with Gasteiger partial charge in [-0.1, -0.05) is 65.3 Å². The van der Waals surface area contributed by atoms with Crippen LogP contribution in [0.5, 0.6) is 0 Å². The fraction of sp³-hybridized carbons (Fsp3) is 0.0909. The maximum Gasteiger partial charge on any atom is 0.189 e. The van der Waals surface area contributed by atoms with Gasteiger partial charge in [-0.25, -0.2) is 0 Å². The molecule has 4 rings (SSSR count). The number of aryl methyl sites for hydroxylation is 1. The molecule has 4 aromatic rings. The Balaban J connectivity index is 1.87. The van der Waals surface area contributed by atoms with Crippen molar-refractivity contribution in [1.29, 1.82) is 0 Å². The van der Waals surface area contributed by atoms with Crippen molar-refractivity contribution in [2.45, 2.75) is 6.92 Å². The van der Waals surface area contributed by atoms with Gasteiger partial charge < -0.3 is 4.52 Å². The summed E-state index contributed by atoms with van der Waals surface area (Å²) < 4.78 is 7.73. The molecule has 140 valence electrons. The third-order valence-corrected chi connectivity index (χ3v) is 5.63. The molecule has 0 radical (unpaired) electrons. The summed E-state index contributed by atoms with van der Waals surface area (Å²) >= 11 is 7.86. The van der Waals surface area contributed by atoms with Crippen LogP contribution in [0.4, 0.5) is 0 Å². The molecule has 0 spiro atoms. The molecule has 6 heteroatoms. The summed E-state index contributed by atoms with van der Waals surface area (Å²) in [6.45, 7) is 1.94. The quantitative estimate of drug-likeness (QED) is 0.425. The number of nitrogens with zero attached hydrogens (tertiary/aromatic N) is 3. The lowest BCUT2D eigenvalue weighted by Gasteiger charge is -2.08. The van der Waals surface area contributed by atoms with Gasteiger partial charge in [0.05, 0.1) is 5.69 Å². The van der Waals surface area contributed by atoms with E-state index in [0.717, 1.165) is 33.0 Å². The molecule has 0 aliphatic rings. The van der Waals surface area contributed by atoms with Crippen molar-refractivity contribution in [3.05, 3.63) is 86.8 Å². The first-order valence-corrected chi connectivity index (χ1v) is 10.0. The molecule has 0 unspecified atom stereocenters. The van der Waals surface area contributed by atoms with E-state index in [-0.39, 0.29) is 0 Å². The molecule has 28 heavy (non-hydrogen) atoms. The second-order valence-electron chi connectivity index (χ2n) is 6.16. The van der Waals surface area contributed by atoms with Crippen molar-refractivity contribution in [3.8, 4) is 16.9 Å². The van der Waals surface area contributed by atoms with Crippen molar-refractivity contribution in [3.63, 3.8) is 0 Å². The van der Waals surface area contributed by atoms with E-state index in [1.54, 1.807) is 18.4 Å². The Morgan fingerprint density at radius 3 is 2.57 bits per heavy atom. The van der Waals surface area contributed by atoms with Gasteiger partial charge in [0.2, 0.25) is 0 Å². The third-order valence-electron chi connectivity index (χ3n) is 4.37. The summed E-state index contributed by atoms with van der Waals surface area (Å²) in [6.07, 6.45) is 3.83. The van der Waals surface area contributed by atoms with Crippen LogP contribution in [-0.4, -0.2) is 16.8 Å². The molecule has 0 bridgehead atoms. The van der Waals surface area contributed by atoms with E-state index in [4.69, 9.17) is 16.1 Å². The maximum absolute atomic E-state index is 6.27. The van der Waals surface area contributed by atoms with Gasteiger partial charge in [-0.05, 0) is 36.3 Å². The van der Waals surface area contributed by atoms with E-state index in [2.05, 4.69) is 32.2 Å². The van der Waals surface area contributed by atoms with Crippen LogP contribution in [0.25, 0.3) is 29.1 Å². The predicted octanol–water partition coefficient (Wildman–Crippen LogP) is 5.86. The van der Waals surface area contributed by atoms with Gasteiger partial charge in [-0.3, -0.25) is 9.56 Å². The van der Waals surface area contributed by atoms with E-state index in [9.17, 15) is 0 Å². The molecule has 2 aromatic heterocycles. The molecular weight excluding hydrogens is 390 g/mol. The van der Waals surface area contributed by atoms with Gasteiger partial charge >= 0.3 is 0 Å². The Morgan fingerprint density at radius 2 is 1.82 bits per heavy atom. The monoisotopic (exact) mass is 407 g/mol. The minimum Gasteiger partial charge on any atom is -0.354 e. The summed E-state index contributed by atoms with van der Waals surface area (Å²) in [7, 11) is 1.79. The average Bonchev–Trinajstić information content (AvgIpc) is 3.30. The summed E-state index contributed by atoms with van der Waals surface area (Å²) in [6, 6.07) is 17.9. The molecule has 2 aromatic carbocycles. The van der Waals surface area contributed by atoms with Gasteiger partial charge in [0.25, 0.3) is 0 Å². The summed E-state index contributed by atoms with van der Waals surface area (Å²) in [5, 5.41) is 6.99. The van der Waals surface area contributed by atoms with Crippen molar-refractivity contribution >= 4 is 35.1 Å². The maximum atomic E-state index is 6.27. The van der Waals surface area contributed by atoms with Crippen molar-refractivity contribution < 1.29 is 4.52 Å². The Labute approximate surface area is 172 Å². The largest absolute Gasteiger partial charge is 0.354 e. The minimum absolute atomic E-state index is 0.655. The topological polar surface area (TPSA) is 43.3 Å². The smallest absolute Gasteiger partial charge is 0.189 e. The number of aromatic nitrogens is 2. The Bertz CT molecular complexity index is 1200. The van der Waals surface area contributed by atoms with Crippen LogP contribution in [0, 0.1) is 6.92 Å². The van der Waals surface area contributed by atoms with E-state index in [0.29, 0.717) is 10.8 Å². The standard InChI is InChI=1S/C22H18ClN3OS/c1-15-21(20(27-25-15)13-12-16-8-6-7-11-18(16)23)26-19(14-28-22(26)24-2)17-9-4-3-5-10-17/h3-14H,1-2H3/b13-12+,24-22?. The van der Waals surface area contributed by atoms with Crippen LogP contribution in [0.2, 0.25) is 5.02 Å². The highest BCUT2D eigenvalue weighted by Gasteiger charge is 2.18. The summed E-state index contributed by atoms with van der Waals surface area (Å²) in [4.78, 5) is 5.33. The number of rotatable bonds is 4. The van der Waals surface area contributed by atoms with Crippen molar-refractivity contribution in [1.82, 2.24) is 9.72 Å². The first-order chi connectivity index (χ1) is 13.7. The number of halogens is 1. The molecule has 0 N–H and O–H groups in total. The normalized spacial score (nSPS) is 12.2. The second-order valence-corrected chi connectivity index (χ2v) is 7.41. The van der Waals surface area contributed by atoms with Gasteiger partial charge in [-0.2, -0.15) is 0 Å². The van der Waals surface area contributed by atoms with Crippen LogP contribution < -0.4 is 4.80 Å². The molecule has 2 heterocycles. The van der Waals surface area contributed by atoms with Crippen LogP contribution in [-0.2, 0) is 0 Å². The summed E-state index contributed by atoms with van der Waals surface area (Å²) in [5.41, 5.74) is 4.75. The van der Waals surface area contributed by atoms with E-state index >= 15 is 0 Å². The lowest BCUT2D eigenvalue weighted by Crippen LogP contribution is -2.15. The molecule has 0 saturated carbocycles. The molecule has 0 saturated heterocycles. The number of benzene rings is 2. The molecule has 0 atom stereocenters. The zero-order chi connectivity index (χ0) is 19.5. The molecular formula is C22H18ClN3OS. The number of thiazole rings is 1.